The van der Waals surface area contributed by atoms with Crippen LogP contribution in [0.1, 0.15) is 31.2 Å². The Morgan fingerprint density at radius 2 is 1.94 bits per heavy atom. The third kappa shape index (κ3) is 3.53. The monoisotopic (exact) mass is 251 g/mol. The Morgan fingerprint density at radius 1 is 1.28 bits per heavy atom. The van der Waals surface area contributed by atoms with Crippen LogP contribution in [-0.2, 0) is 11.2 Å². The molecule has 0 bridgehead atoms. The van der Waals surface area contributed by atoms with Gasteiger partial charge in [-0.2, -0.15) is 0 Å². The highest BCUT2D eigenvalue weighted by Gasteiger charge is 2.24. The number of halogens is 1. The van der Waals surface area contributed by atoms with Crippen LogP contribution in [0.4, 0.5) is 4.39 Å². The molecule has 2 rings (SSSR count). The molecule has 0 heterocycles. The number of hydrogen-bond donors (Lipinski definition) is 2. The molecule has 4 heteroatoms. The van der Waals surface area contributed by atoms with Gasteiger partial charge in [0, 0.05) is 0 Å². The van der Waals surface area contributed by atoms with Crippen LogP contribution in [0.3, 0.4) is 0 Å². The summed E-state index contributed by atoms with van der Waals surface area (Å²) in [4.78, 5) is 11.8. The minimum absolute atomic E-state index is 0.118. The molecule has 0 saturated heterocycles. The number of carbonyl (C=O) groups excluding carboxylic acids is 1. The Hall–Kier alpha value is -1.42. The summed E-state index contributed by atoms with van der Waals surface area (Å²) in [5, 5.41) is 12.6. The topological polar surface area (TPSA) is 49.3 Å². The average Bonchev–Trinajstić information content (AvgIpc) is 2.35. The van der Waals surface area contributed by atoms with E-state index in [2.05, 4.69) is 5.32 Å². The molecule has 0 aliphatic heterocycles. The zero-order chi connectivity index (χ0) is 13.0. The summed E-state index contributed by atoms with van der Waals surface area (Å²) in [5.41, 5.74) is 0.777. The van der Waals surface area contributed by atoms with E-state index >= 15 is 0 Å². The van der Waals surface area contributed by atoms with E-state index < -0.39 is 6.10 Å². The van der Waals surface area contributed by atoms with Crippen molar-refractivity contribution in [3.8, 4) is 0 Å². The lowest BCUT2D eigenvalue weighted by Crippen LogP contribution is -2.45. The lowest BCUT2D eigenvalue weighted by atomic mass is 9.92. The Labute approximate surface area is 106 Å². The molecule has 1 aliphatic rings. The maximum atomic E-state index is 12.7. The second-order valence-electron chi connectivity index (χ2n) is 4.83. The van der Waals surface area contributed by atoms with Crippen LogP contribution in [-0.4, -0.2) is 23.2 Å². The summed E-state index contributed by atoms with van der Waals surface area (Å²) < 4.78 is 12.7. The Balaban J connectivity index is 1.86. The van der Waals surface area contributed by atoms with Gasteiger partial charge in [-0.3, -0.25) is 4.79 Å². The second-order valence-corrected chi connectivity index (χ2v) is 4.83. The van der Waals surface area contributed by atoms with Gasteiger partial charge >= 0.3 is 0 Å². The van der Waals surface area contributed by atoms with Crippen LogP contribution >= 0.6 is 0 Å². The molecule has 2 N–H and O–H groups in total. The minimum Gasteiger partial charge on any atom is -0.391 e. The highest BCUT2D eigenvalue weighted by Crippen LogP contribution is 2.18. The number of hydrogen-bond acceptors (Lipinski definition) is 2. The van der Waals surface area contributed by atoms with Gasteiger partial charge in [0.15, 0.2) is 0 Å². The van der Waals surface area contributed by atoms with Crippen LogP contribution in [0.15, 0.2) is 24.3 Å². The third-order valence-corrected chi connectivity index (χ3v) is 3.35. The average molecular weight is 251 g/mol. The number of carbonyl (C=O) groups is 1. The van der Waals surface area contributed by atoms with E-state index in [9.17, 15) is 14.3 Å². The van der Waals surface area contributed by atoms with Crippen molar-refractivity contribution >= 4 is 5.91 Å². The molecular formula is C14H18FNO2. The molecule has 0 aromatic heterocycles. The first kappa shape index (κ1) is 13.0. The van der Waals surface area contributed by atoms with Gasteiger partial charge in [0.1, 0.15) is 5.82 Å². The van der Waals surface area contributed by atoms with E-state index in [0.29, 0.717) is 0 Å². The normalized spacial score (nSPS) is 23.7. The Bertz CT molecular complexity index is 405. The van der Waals surface area contributed by atoms with Crippen molar-refractivity contribution in [2.45, 2.75) is 44.2 Å². The van der Waals surface area contributed by atoms with Crippen molar-refractivity contribution in [1.29, 1.82) is 0 Å². The number of aliphatic hydroxyl groups excluding tert-OH is 1. The van der Waals surface area contributed by atoms with Gasteiger partial charge in [-0.05, 0) is 30.5 Å². The fourth-order valence-corrected chi connectivity index (χ4v) is 2.33. The first-order valence-electron chi connectivity index (χ1n) is 6.37. The summed E-state index contributed by atoms with van der Waals surface area (Å²) >= 11 is 0. The fraction of sp³-hybridized carbons (Fsp3) is 0.500. The molecule has 0 spiro atoms. The van der Waals surface area contributed by atoms with Gasteiger partial charge < -0.3 is 10.4 Å². The Kier molecular flexibility index (Phi) is 4.31. The van der Waals surface area contributed by atoms with E-state index in [-0.39, 0.29) is 24.2 Å². The SMILES string of the molecule is O=C(Cc1ccc(F)cc1)N[C@@H]1CCCC[C@H]1O. The lowest BCUT2D eigenvalue weighted by molar-refractivity contribution is -0.122. The molecule has 0 radical (unpaired) electrons. The van der Waals surface area contributed by atoms with Crippen molar-refractivity contribution in [3.05, 3.63) is 35.6 Å². The molecular weight excluding hydrogens is 233 g/mol. The predicted molar refractivity (Wildman–Crippen MR) is 66.5 cm³/mol. The highest BCUT2D eigenvalue weighted by molar-refractivity contribution is 5.78. The quantitative estimate of drug-likeness (QED) is 0.860. The molecule has 1 aliphatic carbocycles. The van der Waals surface area contributed by atoms with Gasteiger partial charge in [0.25, 0.3) is 0 Å². The maximum Gasteiger partial charge on any atom is 0.224 e. The van der Waals surface area contributed by atoms with Crippen LogP contribution in [0.25, 0.3) is 0 Å². The molecule has 18 heavy (non-hydrogen) atoms. The van der Waals surface area contributed by atoms with Gasteiger partial charge in [0.2, 0.25) is 5.91 Å². The zero-order valence-corrected chi connectivity index (χ0v) is 10.2. The van der Waals surface area contributed by atoms with Crippen LogP contribution in [0, 0.1) is 5.82 Å². The molecule has 0 unspecified atom stereocenters. The van der Waals surface area contributed by atoms with Crippen molar-refractivity contribution < 1.29 is 14.3 Å². The highest BCUT2D eigenvalue weighted by atomic mass is 19.1. The molecule has 1 aromatic carbocycles. The third-order valence-electron chi connectivity index (χ3n) is 3.35. The number of rotatable bonds is 3. The molecule has 1 fully saturated rings. The van der Waals surface area contributed by atoms with E-state index in [1.165, 1.54) is 12.1 Å². The summed E-state index contributed by atoms with van der Waals surface area (Å²) in [6.45, 7) is 0. The Morgan fingerprint density at radius 3 is 2.61 bits per heavy atom. The summed E-state index contributed by atoms with van der Waals surface area (Å²) in [5.74, 6) is -0.422. The predicted octanol–water partition coefficient (Wildman–Crippen LogP) is 1.79. The molecule has 1 saturated carbocycles. The fourth-order valence-electron chi connectivity index (χ4n) is 2.33. The summed E-state index contributed by atoms with van der Waals surface area (Å²) in [6.07, 6.45) is 3.43. The smallest absolute Gasteiger partial charge is 0.224 e. The van der Waals surface area contributed by atoms with Crippen molar-refractivity contribution in [2.24, 2.45) is 0 Å². The number of nitrogens with one attached hydrogen (secondary N) is 1. The van der Waals surface area contributed by atoms with Gasteiger partial charge in [-0.1, -0.05) is 25.0 Å². The van der Waals surface area contributed by atoms with Crippen LogP contribution in [0.5, 0.6) is 0 Å². The number of amides is 1. The summed E-state index contributed by atoms with van der Waals surface area (Å²) in [6, 6.07) is 5.76. The van der Waals surface area contributed by atoms with Gasteiger partial charge in [-0.15, -0.1) is 0 Å². The van der Waals surface area contributed by atoms with Crippen molar-refractivity contribution in [2.75, 3.05) is 0 Å². The molecule has 3 nitrogen and oxygen atoms in total. The van der Waals surface area contributed by atoms with Crippen LogP contribution in [0.2, 0.25) is 0 Å². The van der Waals surface area contributed by atoms with Crippen molar-refractivity contribution in [3.63, 3.8) is 0 Å². The number of benzene rings is 1. The van der Waals surface area contributed by atoms with Gasteiger partial charge in [-0.25, -0.2) is 4.39 Å². The molecule has 2 atom stereocenters. The van der Waals surface area contributed by atoms with E-state index in [0.717, 1.165) is 31.2 Å². The second kappa shape index (κ2) is 5.96. The van der Waals surface area contributed by atoms with E-state index in [1.807, 2.05) is 0 Å². The first-order chi connectivity index (χ1) is 8.65. The molecule has 98 valence electrons. The van der Waals surface area contributed by atoms with Gasteiger partial charge in [0.05, 0.1) is 18.6 Å². The van der Waals surface area contributed by atoms with Crippen LogP contribution < -0.4 is 5.32 Å². The molecule has 1 aromatic rings. The maximum absolute atomic E-state index is 12.7. The largest absolute Gasteiger partial charge is 0.391 e. The minimum atomic E-state index is -0.434. The lowest BCUT2D eigenvalue weighted by Gasteiger charge is -2.28. The first-order valence-corrected chi connectivity index (χ1v) is 6.37. The standard InChI is InChI=1S/C14H18FNO2/c15-11-7-5-10(6-8-11)9-14(18)16-12-3-1-2-4-13(12)17/h5-8,12-13,17H,1-4,9H2,(H,16,18)/t12-,13-/m1/s1. The van der Waals surface area contributed by atoms with E-state index in [4.69, 9.17) is 0 Å². The summed E-state index contributed by atoms with van der Waals surface area (Å²) in [7, 11) is 0. The molecule has 1 amide bonds. The van der Waals surface area contributed by atoms with Crippen molar-refractivity contribution in [1.82, 2.24) is 5.32 Å². The number of aliphatic hydroxyl groups is 1. The van der Waals surface area contributed by atoms with E-state index in [1.54, 1.807) is 12.1 Å². The zero-order valence-electron chi connectivity index (χ0n) is 10.2.